The molecule has 0 aromatic heterocycles. The molecule has 68 valence electrons. The van der Waals surface area contributed by atoms with Crippen molar-refractivity contribution in [3.8, 4) is 0 Å². The van der Waals surface area contributed by atoms with Crippen molar-refractivity contribution in [3.05, 3.63) is 0 Å². The molecule has 0 radical (unpaired) electrons. The monoisotopic (exact) mass is 223 g/mol. The Kier molecular flexibility index (Phi) is 3.00. The normalized spacial score (nSPS) is 40.4. The molecule has 2 saturated carbocycles. The van der Waals surface area contributed by atoms with Gasteiger partial charge in [0.15, 0.2) is 0 Å². The predicted octanol–water partition coefficient (Wildman–Crippen LogP) is 3.43. The highest BCUT2D eigenvalue weighted by Gasteiger charge is 2.44. The minimum Gasteiger partial charge on any atom is -0.132 e. The van der Waals surface area contributed by atoms with Gasteiger partial charge in [-0.15, -0.1) is 4.52 Å². The zero-order chi connectivity index (χ0) is 8.55. The van der Waals surface area contributed by atoms with Gasteiger partial charge in [0, 0.05) is 0 Å². The van der Waals surface area contributed by atoms with E-state index < -0.39 is 7.23 Å². The van der Waals surface area contributed by atoms with Gasteiger partial charge in [-0.3, -0.25) is 0 Å². The van der Waals surface area contributed by atoms with Crippen LogP contribution in [0.4, 0.5) is 0 Å². The van der Waals surface area contributed by atoms with Crippen molar-refractivity contribution in [1.29, 1.82) is 0 Å². The Morgan fingerprint density at radius 1 is 1.42 bits per heavy atom. The maximum atomic E-state index is 11.1. The Morgan fingerprint density at radius 3 is 2.75 bits per heavy atom. The molecule has 2 fully saturated rings. The molecule has 2 bridgehead atoms. The van der Waals surface area contributed by atoms with Crippen molar-refractivity contribution in [1.82, 2.24) is 0 Å². The first-order chi connectivity index (χ1) is 5.79. The average molecular weight is 223 g/mol. The van der Waals surface area contributed by atoms with E-state index in [-0.39, 0.29) is 6.10 Å². The number of hydrogen-bond donors (Lipinski definition) is 1. The van der Waals surface area contributed by atoms with E-state index in [1.807, 2.05) is 0 Å². The highest BCUT2D eigenvalue weighted by atomic mass is 33.3. The molecule has 5 heteroatoms. The lowest BCUT2D eigenvalue weighted by Crippen LogP contribution is -2.16. The number of thiol groups is 1. The average Bonchev–Trinajstić information content (AvgIpc) is 2.64. The molecule has 4 unspecified atom stereocenters. The Morgan fingerprint density at radius 2 is 2.25 bits per heavy atom. The molecule has 0 amide bonds. The van der Waals surface area contributed by atoms with Gasteiger partial charge >= 0.3 is 7.23 Å². The van der Waals surface area contributed by atoms with Gasteiger partial charge in [-0.1, -0.05) is 11.7 Å². The lowest BCUT2D eigenvalue weighted by atomic mass is 9.98. The first-order valence-corrected chi connectivity index (χ1v) is 7.90. The van der Waals surface area contributed by atoms with Crippen LogP contribution in [0.2, 0.25) is 0 Å². The second kappa shape index (κ2) is 3.87. The molecule has 2 aliphatic rings. The Balaban J connectivity index is 1.86. The molecule has 12 heavy (non-hydrogen) atoms. The molecular formula is C7H12O2PS2+. The van der Waals surface area contributed by atoms with Crippen molar-refractivity contribution >= 4 is 29.3 Å². The third-order valence-corrected chi connectivity index (χ3v) is 5.40. The summed E-state index contributed by atoms with van der Waals surface area (Å²) in [7, 11) is -0.550. The minimum absolute atomic E-state index is 0.270. The first-order valence-electron chi connectivity index (χ1n) is 4.25. The maximum absolute atomic E-state index is 11.1. The number of fused-ring (bicyclic) bond motifs is 2. The Labute approximate surface area is 82.2 Å². The van der Waals surface area contributed by atoms with Gasteiger partial charge in [0.1, 0.15) is 6.10 Å². The van der Waals surface area contributed by atoms with E-state index in [9.17, 15) is 4.57 Å². The number of hydrogen-bond acceptors (Lipinski definition) is 4. The zero-order valence-corrected chi connectivity index (χ0v) is 9.29. The van der Waals surface area contributed by atoms with Crippen LogP contribution in [0.3, 0.4) is 0 Å². The summed E-state index contributed by atoms with van der Waals surface area (Å²) in [5, 5.41) is 0. The molecular weight excluding hydrogens is 211 g/mol. The van der Waals surface area contributed by atoms with Crippen molar-refractivity contribution in [3.63, 3.8) is 0 Å². The van der Waals surface area contributed by atoms with Crippen molar-refractivity contribution in [2.24, 2.45) is 11.8 Å². The number of rotatable bonds is 3. The fraction of sp³-hybridized carbons (Fsp3) is 1.00. The summed E-state index contributed by atoms with van der Waals surface area (Å²) in [6.07, 6.45) is 5.32. The summed E-state index contributed by atoms with van der Waals surface area (Å²) in [5.41, 5.74) is 0. The van der Waals surface area contributed by atoms with Gasteiger partial charge in [-0.2, -0.15) is 0 Å². The van der Waals surface area contributed by atoms with E-state index in [0.29, 0.717) is 5.92 Å². The van der Waals surface area contributed by atoms with E-state index in [1.54, 1.807) is 0 Å². The summed E-state index contributed by atoms with van der Waals surface area (Å²) < 4.78 is 16.4. The van der Waals surface area contributed by atoms with Gasteiger partial charge in [0.25, 0.3) is 0 Å². The molecule has 0 aromatic carbocycles. The molecule has 2 nitrogen and oxygen atoms in total. The lowest BCUT2D eigenvalue weighted by Gasteiger charge is -2.14. The summed E-state index contributed by atoms with van der Waals surface area (Å²) in [4.78, 5) is 0. The van der Waals surface area contributed by atoms with E-state index in [0.717, 1.165) is 22.8 Å². The van der Waals surface area contributed by atoms with Crippen molar-refractivity contribution < 1.29 is 9.09 Å². The van der Waals surface area contributed by atoms with Crippen molar-refractivity contribution in [2.75, 3.05) is 0 Å². The molecule has 0 spiro atoms. The van der Waals surface area contributed by atoms with Crippen LogP contribution in [0.15, 0.2) is 0 Å². The van der Waals surface area contributed by atoms with E-state index in [4.69, 9.17) is 4.52 Å². The van der Waals surface area contributed by atoms with Crippen LogP contribution in [0.5, 0.6) is 0 Å². The lowest BCUT2D eigenvalue weighted by molar-refractivity contribution is 0.153. The third kappa shape index (κ3) is 1.82. The Hall–Kier alpha value is 0.760. The van der Waals surface area contributed by atoms with Crippen LogP contribution in [0, 0.1) is 11.8 Å². The van der Waals surface area contributed by atoms with Crippen LogP contribution in [0.25, 0.3) is 0 Å². The van der Waals surface area contributed by atoms with E-state index >= 15 is 0 Å². The molecule has 0 heterocycles. The quantitative estimate of drug-likeness (QED) is 0.451. The molecule has 0 aliphatic heterocycles. The van der Waals surface area contributed by atoms with Gasteiger partial charge in [0.05, 0.1) is 0 Å². The first kappa shape index (κ1) is 9.32. The zero-order valence-electron chi connectivity index (χ0n) is 6.68. The second-order valence-corrected chi connectivity index (χ2v) is 7.30. The smallest absolute Gasteiger partial charge is 0.132 e. The van der Waals surface area contributed by atoms with Crippen LogP contribution in [-0.4, -0.2) is 6.10 Å². The molecule has 0 N–H and O–H groups in total. The Bertz CT molecular complexity index is 200. The molecule has 2 rings (SSSR count). The third-order valence-electron chi connectivity index (χ3n) is 2.96. The topological polar surface area (TPSA) is 26.3 Å². The van der Waals surface area contributed by atoms with Gasteiger partial charge < -0.3 is 0 Å². The predicted molar refractivity (Wildman–Crippen MR) is 54.5 cm³/mol. The highest BCUT2D eigenvalue weighted by Crippen LogP contribution is 2.52. The molecule has 0 saturated heterocycles. The van der Waals surface area contributed by atoms with Crippen molar-refractivity contribution in [2.45, 2.75) is 31.8 Å². The molecule has 2 aliphatic carbocycles. The maximum Gasteiger partial charge on any atom is 0.597 e. The molecule has 0 aromatic rings. The summed E-state index contributed by atoms with van der Waals surface area (Å²) in [6.45, 7) is 0. The highest BCUT2D eigenvalue weighted by molar-refractivity contribution is 8.91. The van der Waals surface area contributed by atoms with Crippen LogP contribution in [0.1, 0.15) is 25.7 Å². The standard InChI is InChI=1S/C7H11O2PS2/c8-10(12-11)9-7-4-5-1-2-6(7)3-5/h5-7H,1-4H2/p+1. The summed E-state index contributed by atoms with van der Waals surface area (Å²) in [6, 6.07) is 0. The summed E-state index contributed by atoms with van der Waals surface area (Å²) in [5.74, 6) is 1.54. The minimum atomic E-state index is -1.57. The van der Waals surface area contributed by atoms with Crippen LogP contribution in [-0.2, 0) is 9.09 Å². The summed E-state index contributed by atoms with van der Waals surface area (Å²) >= 11 is 3.87. The van der Waals surface area contributed by atoms with Crippen LogP contribution < -0.4 is 0 Å². The van der Waals surface area contributed by atoms with Crippen LogP contribution >= 0.6 is 29.3 Å². The van der Waals surface area contributed by atoms with Gasteiger partial charge in [-0.05, 0) is 42.1 Å². The van der Waals surface area contributed by atoms with E-state index in [1.165, 1.54) is 19.3 Å². The fourth-order valence-electron chi connectivity index (χ4n) is 2.45. The second-order valence-electron chi connectivity index (χ2n) is 3.62. The largest absolute Gasteiger partial charge is 0.597 e. The molecule has 4 atom stereocenters. The van der Waals surface area contributed by atoms with Gasteiger partial charge in [0.2, 0.25) is 10.4 Å². The van der Waals surface area contributed by atoms with E-state index in [2.05, 4.69) is 11.7 Å². The SMILES string of the molecule is O=[P+](OC1CC2CCC1C2)SS. The van der Waals surface area contributed by atoms with Gasteiger partial charge in [-0.25, -0.2) is 0 Å². The fourth-order valence-corrected chi connectivity index (χ4v) is 3.76.